The lowest BCUT2D eigenvalue weighted by Gasteiger charge is -2.24. The lowest BCUT2D eigenvalue weighted by Crippen LogP contribution is -2.40. The minimum Gasteiger partial charge on any atom is -0.392 e. The molecule has 0 heterocycles. The van der Waals surface area contributed by atoms with Crippen LogP contribution in [-0.2, 0) is 10.0 Å². The van der Waals surface area contributed by atoms with Gasteiger partial charge >= 0.3 is 0 Å². The number of aliphatic hydroxyl groups is 1. The molecule has 0 amide bonds. The quantitative estimate of drug-likeness (QED) is 0.689. The predicted molar refractivity (Wildman–Crippen MR) is 48.4 cm³/mol. The predicted octanol–water partition coefficient (Wildman–Crippen LogP) is 0.0372. The summed E-state index contributed by atoms with van der Waals surface area (Å²) in [5.41, 5.74) is 0. The van der Waals surface area contributed by atoms with Gasteiger partial charge in [-0.05, 0) is 20.8 Å². The molecular formula is C7H17NO3S. The van der Waals surface area contributed by atoms with E-state index in [9.17, 15) is 8.42 Å². The molecule has 1 unspecified atom stereocenters. The first kappa shape index (κ1) is 11.9. The summed E-state index contributed by atoms with van der Waals surface area (Å²) in [6, 6.07) is -0.102. The zero-order chi connectivity index (χ0) is 9.94. The number of hydrogen-bond donors (Lipinski definition) is 1. The molecule has 0 aromatic heterocycles. The Morgan fingerprint density at radius 1 is 1.33 bits per heavy atom. The third-order valence-electron chi connectivity index (χ3n) is 1.45. The van der Waals surface area contributed by atoms with Crippen molar-refractivity contribution in [2.24, 2.45) is 0 Å². The second-order valence-electron chi connectivity index (χ2n) is 3.28. The van der Waals surface area contributed by atoms with E-state index >= 15 is 0 Å². The number of nitrogens with zero attached hydrogens (tertiary/aromatic N) is 1. The van der Waals surface area contributed by atoms with Crippen molar-refractivity contribution in [2.45, 2.75) is 32.9 Å². The van der Waals surface area contributed by atoms with Crippen molar-refractivity contribution in [3.05, 3.63) is 0 Å². The average molecular weight is 195 g/mol. The Morgan fingerprint density at radius 2 is 1.75 bits per heavy atom. The maximum atomic E-state index is 11.1. The van der Waals surface area contributed by atoms with Crippen LogP contribution in [0.2, 0.25) is 0 Å². The van der Waals surface area contributed by atoms with E-state index in [2.05, 4.69) is 0 Å². The number of aliphatic hydroxyl groups excluding tert-OH is 1. The van der Waals surface area contributed by atoms with E-state index in [4.69, 9.17) is 5.11 Å². The van der Waals surface area contributed by atoms with Gasteiger partial charge in [0, 0.05) is 12.6 Å². The Bertz CT molecular complexity index is 221. The third-order valence-corrected chi connectivity index (χ3v) is 2.87. The van der Waals surface area contributed by atoms with E-state index in [-0.39, 0.29) is 12.6 Å². The number of sulfonamides is 1. The molecular weight excluding hydrogens is 178 g/mol. The molecule has 0 aromatic rings. The van der Waals surface area contributed by atoms with Crippen molar-refractivity contribution in [1.82, 2.24) is 4.31 Å². The molecule has 74 valence electrons. The van der Waals surface area contributed by atoms with Crippen LogP contribution >= 0.6 is 0 Å². The van der Waals surface area contributed by atoms with Crippen molar-refractivity contribution in [3.8, 4) is 0 Å². The minimum absolute atomic E-state index is 0.102. The molecule has 0 aliphatic heterocycles. The molecule has 0 radical (unpaired) electrons. The molecule has 0 fully saturated rings. The fourth-order valence-corrected chi connectivity index (χ4v) is 2.24. The lowest BCUT2D eigenvalue weighted by molar-refractivity contribution is 0.153. The normalized spacial score (nSPS) is 15.6. The van der Waals surface area contributed by atoms with Crippen LogP contribution in [0.4, 0.5) is 0 Å². The molecule has 0 saturated carbocycles. The van der Waals surface area contributed by atoms with Gasteiger partial charge in [0.25, 0.3) is 0 Å². The summed E-state index contributed by atoms with van der Waals surface area (Å²) in [4.78, 5) is 0. The van der Waals surface area contributed by atoms with Gasteiger partial charge in [-0.25, -0.2) is 8.42 Å². The summed E-state index contributed by atoms with van der Waals surface area (Å²) in [6.07, 6.45) is 0.525. The third kappa shape index (κ3) is 4.04. The van der Waals surface area contributed by atoms with Gasteiger partial charge in [0.05, 0.1) is 12.4 Å². The topological polar surface area (TPSA) is 57.6 Å². The highest BCUT2D eigenvalue weighted by Crippen LogP contribution is 2.05. The molecule has 5 heteroatoms. The first-order valence-electron chi connectivity index (χ1n) is 3.90. The molecule has 12 heavy (non-hydrogen) atoms. The molecule has 4 nitrogen and oxygen atoms in total. The van der Waals surface area contributed by atoms with Gasteiger partial charge in [-0.1, -0.05) is 0 Å². The summed E-state index contributed by atoms with van der Waals surface area (Å²) in [7, 11) is -3.19. The van der Waals surface area contributed by atoms with Crippen LogP contribution < -0.4 is 0 Å². The van der Waals surface area contributed by atoms with Gasteiger partial charge in [0.15, 0.2) is 0 Å². The second-order valence-corrected chi connectivity index (χ2v) is 5.21. The zero-order valence-corrected chi connectivity index (χ0v) is 8.80. The molecule has 1 N–H and O–H groups in total. The van der Waals surface area contributed by atoms with Gasteiger partial charge in [0.1, 0.15) is 0 Å². The second kappa shape index (κ2) is 4.20. The maximum absolute atomic E-state index is 11.1. The fraction of sp³-hybridized carbons (Fsp3) is 1.00. The van der Waals surface area contributed by atoms with E-state index < -0.39 is 16.1 Å². The Balaban J connectivity index is 4.47. The Hall–Kier alpha value is -0.130. The smallest absolute Gasteiger partial charge is 0.211 e. The van der Waals surface area contributed by atoms with Gasteiger partial charge in [-0.2, -0.15) is 4.31 Å². The molecule has 0 saturated heterocycles. The van der Waals surface area contributed by atoms with Gasteiger partial charge in [-0.15, -0.1) is 0 Å². The van der Waals surface area contributed by atoms with E-state index in [1.807, 2.05) is 0 Å². The number of hydrogen-bond acceptors (Lipinski definition) is 3. The Morgan fingerprint density at radius 3 is 1.83 bits per heavy atom. The van der Waals surface area contributed by atoms with Gasteiger partial charge in [0.2, 0.25) is 10.0 Å². The molecule has 0 spiro atoms. The van der Waals surface area contributed by atoms with Crippen molar-refractivity contribution < 1.29 is 13.5 Å². The molecule has 0 aliphatic carbocycles. The summed E-state index contributed by atoms with van der Waals surface area (Å²) in [5.74, 6) is 0. The minimum atomic E-state index is -3.19. The monoisotopic (exact) mass is 195 g/mol. The Kier molecular flexibility index (Phi) is 4.16. The van der Waals surface area contributed by atoms with Crippen molar-refractivity contribution in [1.29, 1.82) is 0 Å². The molecule has 1 atom stereocenters. The van der Waals surface area contributed by atoms with Crippen molar-refractivity contribution >= 4 is 10.0 Å². The van der Waals surface area contributed by atoms with E-state index in [0.29, 0.717) is 0 Å². The summed E-state index contributed by atoms with van der Waals surface area (Å²) < 4.78 is 23.5. The van der Waals surface area contributed by atoms with Gasteiger partial charge < -0.3 is 5.11 Å². The van der Waals surface area contributed by atoms with Crippen molar-refractivity contribution in [3.63, 3.8) is 0 Å². The molecule has 0 aromatic carbocycles. The highest BCUT2D eigenvalue weighted by molar-refractivity contribution is 7.88. The highest BCUT2D eigenvalue weighted by Gasteiger charge is 2.21. The van der Waals surface area contributed by atoms with Crippen LogP contribution in [-0.4, -0.2) is 42.8 Å². The maximum Gasteiger partial charge on any atom is 0.211 e. The first-order chi connectivity index (χ1) is 5.25. The standard InChI is InChI=1S/C7H17NO3S/c1-6(2)8(5-7(3)9)12(4,10)11/h6-7,9H,5H2,1-4H3. The first-order valence-corrected chi connectivity index (χ1v) is 5.75. The summed E-state index contributed by atoms with van der Waals surface area (Å²) in [6.45, 7) is 5.30. The van der Waals surface area contributed by atoms with E-state index in [1.165, 1.54) is 4.31 Å². The fourth-order valence-electron chi connectivity index (χ4n) is 0.990. The molecule has 0 aliphatic rings. The zero-order valence-electron chi connectivity index (χ0n) is 7.98. The van der Waals surface area contributed by atoms with E-state index in [1.54, 1.807) is 20.8 Å². The molecule has 0 bridgehead atoms. The molecule has 0 rings (SSSR count). The van der Waals surface area contributed by atoms with Crippen molar-refractivity contribution in [2.75, 3.05) is 12.8 Å². The van der Waals surface area contributed by atoms with Crippen LogP contribution in [0, 0.1) is 0 Å². The highest BCUT2D eigenvalue weighted by atomic mass is 32.2. The van der Waals surface area contributed by atoms with Gasteiger partial charge in [-0.3, -0.25) is 0 Å². The largest absolute Gasteiger partial charge is 0.392 e. The Labute approximate surface area is 74.2 Å². The summed E-state index contributed by atoms with van der Waals surface area (Å²) >= 11 is 0. The number of rotatable bonds is 4. The SMILES string of the molecule is CC(O)CN(C(C)C)S(C)(=O)=O. The van der Waals surface area contributed by atoms with Crippen LogP contribution in [0.1, 0.15) is 20.8 Å². The van der Waals surface area contributed by atoms with Crippen LogP contribution in [0.15, 0.2) is 0 Å². The van der Waals surface area contributed by atoms with Crippen LogP contribution in [0.25, 0.3) is 0 Å². The van der Waals surface area contributed by atoms with E-state index in [0.717, 1.165) is 6.26 Å². The lowest BCUT2D eigenvalue weighted by atomic mass is 10.3. The summed E-state index contributed by atoms with van der Waals surface area (Å²) in [5, 5.41) is 9.03. The average Bonchev–Trinajstić information content (AvgIpc) is 1.79. The van der Waals surface area contributed by atoms with Crippen LogP contribution in [0.3, 0.4) is 0 Å². The van der Waals surface area contributed by atoms with Crippen LogP contribution in [0.5, 0.6) is 0 Å².